The van der Waals surface area contributed by atoms with Gasteiger partial charge in [0.15, 0.2) is 0 Å². The zero-order valence-electron chi connectivity index (χ0n) is 14.5. The summed E-state index contributed by atoms with van der Waals surface area (Å²) in [5, 5.41) is 6.94. The molecule has 0 saturated carbocycles. The maximum Gasteiger partial charge on any atom is 0.241 e. The summed E-state index contributed by atoms with van der Waals surface area (Å²) in [4.78, 5) is 18.7. The van der Waals surface area contributed by atoms with Crippen LogP contribution in [-0.4, -0.2) is 40.1 Å². The SMILES string of the molecule is CC(C)NC(=O)C1CCCN(Cc2nc(-c3ccc(F)cc3)no2)C1. The predicted octanol–water partition coefficient (Wildman–Crippen LogP) is 2.61. The summed E-state index contributed by atoms with van der Waals surface area (Å²) in [6, 6.07) is 6.13. The maximum absolute atomic E-state index is 13.0. The molecule has 1 aromatic heterocycles. The third-order valence-electron chi connectivity index (χ3n) is 4.24. The van der Waals surface area contributed by atoms with E-state index in [9.17, 15) is 9.18 Å². The lowest BCUT2D eigenvalue weighted by Gasteiger charge is -2.31. The second-order valence-electron chi connectivity index (χ2n) is 6.76. The molecule has 1 aromatic carbocycles. The molecule has 1 fully saturated rings. The normalized spacial score (nSPS) is 18.5. The number of rotatable bonds is 5. The van der Waals surface area contributed by atoms with Crippen LogP contribution in [-0.2, 0) is 11.3 Å². The molecule has 1 aliphatic rings. The standard InChI is InChI=1S/C18H23FN4O2/c1-12(2)20-18(24)14-4-3-9-23(10-14)11-16-21-17(22-25-16)13-5-7-15(19)8-6-13/h5-8,12,14H,3-4,9-11H2,1-2H3,(H,20,24). The summed E-state index contributed by atoms with van der Waals surface area (Å²) < 4.78 is 18.3. The van der Waals surface area contributed by atoms with E-state index in [0.717, 1.165) is 19.4 Å². The van der Waals surface area contributed by atoms with Gasteiger partial charge in [0.1, 0.15) is 5.82 Å². The largest absolute Gasteiger partial charge is 0.354 e. The molecule has 0 spiro atoms. The summed E-state index contributed by atoms with van der Waals surface area (Å²) >= 11 is 0. The van der Waals surface area contributed by atoms with E-state index in [1.807, 2.05) is 13.8 Å². The molecule has 134 valence electrons. The third kappa shape index (κ3) is 4.63. The van der Waals surface area contributed by atoms with Crippen molar-refractivity contribution < 1.29 is 13.7 Å². The summed E-state index contributed by atoms with van der Waals surface area (Å²) in [6.45, 7) is 6.04. The van der Waals surface area contributed by atoms with Gasteiger partial charge in [-0.25, -0.2) is 4.39 Å². The summed E-state index contributed by atoms with van der Waals surface area (Å²) in [5.74, 6) is 0.754. The van der Waals surface area contributed by atoms with Crippen molar-refractivity contribution in [2.75, 3.05) is 13.1 Å². The lowest BCUT2D eigenvalue weighted by Crippen LogP contribution is -2.44. The van der Waals surface area contributed by atoms with Gasteiger partial charge in [0.25, 0.3) is 0 Å². The summed E-state index contributed by atoms with van der Waals surface area (Å²) in [6.07, 6.45) is 1.87. The van der Waals surface area contributed by atoms with E-state index >= 15 is 0 Å². The average molecular weight is 346 g/mol. The Morgan fingerprint density at radius 3 is 2.88 bits per heavy atom. The van der Waals surface area contributed by atoms with Crippen LogP contribution in [0, 0.1) is 11.7 Å². The number of amides is 1. The van der Waals surface area contributed by atoms with E-state index in [4.69, 9.17) is 4.52 Å². The van der Waals surface area contributed by atoms with Crippen LogP contribution in [0.3, 0.4) is 0 Å². The van der Waals surface area contributed by atoms with Gasteiger partial charge in [0, 0.05) is 18.2 Å². The lowest BCUT2D eigenvalue weighted by molar-refractivity contribution is -0.127. The minimum absolute atomic E-state index is 0.00404. The fraction of sp³-hybridized carbons (Fsp3) is 0.500. The van der Waals surface area contributed by atoms with Crippen LogP contribution >= 0.6 is 0 Å². The fourth-order valence-corrected chi connectivity index (χ4v) is 3.04. The summed E-state index contributed by atoms with van der Waals surface area (Å²) in [7, 11) is 0. The number of carbonyl (C=O) groups excluding carboxylic acids is 1. The van der Waals surface area contributed by atoms with Crippen LogP contribution in [0.2, 0.25) is 0 Å². The number of halogens is 1. The molecular weight excluding hydrogens is 323 g/mol. The van der Waals surface area contributed by atoms with Crippen molar-refractivity contribution in [2.45, 2.75) is 39.3 Å². The second kappa shape index (κ2) is 7.74. The van der Waals surface area contributed by atoms with Gasteiger partial charge in [0.05, 0.1) is 12.5 Å². The number of nitrogens with zero attached hydrogens (tertiary/aromatic N) is 3. The highest BCUT2D eigenvalue weighted by molar-refractivity contribution is 5.79. The third-order valence-corrected chi connectivity index (χ3v) is 4.24. The predicted molar refractivity (Wildman–Crippen MR) is 91.0 cm³/mol. The first kappa shape index (κ1) is 17.5. The van der Waals surface area contributed by atoms with Crippen molar-refractivity contribution in [1.29, 1.82) is 0 Å². The molecule has 1 aliphatic heterocycles. The zero-order chi connectivity index (χ0) is 17.8. The van der Waals surface area contributed by atoms with Gasteiger partial charge in [-0.2, -0.15) is 4.98 Å². The molecule has 2 heterocycles. The maximum atomic E-state index is 13.0. The smallest absolute Gasteiger partial charge is 0.241 e. The van der Waals surface area contributed by atoms with Crippen molar-refractivity contribution in [3.05, 3.63) is 36.0 Å². The zero-order valence-corrected chi connectivity index (χ0v) is 14.5. The van der Waals surface area contributed by atoms with Crippen molar-refractivity contribution >= 4 is 5.91 Å². The fourth-order valence-electron chi connectivity index (χ4n) is 3.04. The van der Waals surface area contributed by atoms with Gasteiger partial charge in [-0.1, -0.05) is 5.16 Å². The van der Waals surface area contributed by atoms with Gasteiger partial charge in [-0.3, -0.25) is 9.69 Å². The second-order valence-corrected chi connectivity index (χ2v) is 6.76. The molecule has 1 amide bonds. The van der Waals surface area contributed by atoms with Crippen LogP contribution in [0.1, 0.15) is 32.6 Å². The molecular formula is C18H23FN4O2. The topological polar surface area (TPSA) is 71.3 Å². The number of likely N-dealkylation sites (tertiary alicyclic amines) is 1. The van der Waals surface area contributed by atoms with Crippen LogP contribution in [0.15, 0.2) is 28.8 Å². The van der Waals surface area contributed by atoms with E-state index in [1.54, 1.807) is 12.1 Å². The molecule has 7 heteroatoms. The van der Waals surface area contributed by atoms with Gasteiger partial charge in [-0.05, 0) is 57.5 Å². The minimum Gasteiger partial charge on any atom is -0.354 e. The van der Waals surface area contributed by atoms with Crippen molar-refractivity contribution in [3.63, 3.8) is 0 Å². The Morgan fingerprint density at radius 2 is 2.16 bits per heavy atom. The molecule has 0 aliphatic carbocycles. The Balaban J connectivity index is 1.60. The molecule has 1 N–H and O–H groups in total. The molecule has 3 rings (SSSR count). The minimum atomic E-state index is -0.300. The number of carbonyl (C=O) groups is 1. The number of hydrogen-bond acceptors (Lipinski definition) is 5. The monoisotopic (exact) mass is 346 g/mol. The highest BCUT2D eigenvalue weighted by Crippen LogP contribution is 2.20. The number of piperidine rings is 1. The van der Waals surface area contributed by atoms with Gasteiger partial charge >= 0.3 is 0 Å². The number of benzene rings is 1. The quantitative estimate of drug-likeness (QED) is 0.901. The van der Waals surface area contributed by atoms with Crippen LogP contribution in [0.4, 0.5) is 4.39 Å². The van der Waals surface area contributed by atoms with Gasteiger partial charge < -0.3 is 9.84 Å². The van der Waals surface area contributed by atoms with Crippen LogP contribution in [0.5, 0.6) is 0 Å². The first-order chi connectivity index (χ1) is 12.0. The Hall–Kier alpha value is -2.28. The van der Waals surface area contributed by atoms with Gasteiger partial charge in [-0.15, -0.1) is 0 Å². The lowest BCUT2D eigenvalue weighted by atomic mass is 9.97. The van der Waals surface area contributed by atoms with Crippen LogP contribution in [0.25, 0.3) is 11.4 Å². The molecule has 0 radical (unpaired) electrons. The van der Waals surface area contributed by atoms with E-state index in [1.165, 1.54) is 12.1 Å². The molecule has 25 heavy (non-hydrogen) atoms. The molecule has 2 aromatic rings. The number of hydrogen-bond donors (Lipinski definition) is 1. The molecule has 1 unspecified atom stereocenters. The Bertz CT molecular complexity index is 714. The number of aromatic nitrogens is 2. The molecule has 1 saturated heterocycles. The highest BCUT2D eigenvalue weighted by Gasteiger charge is 2.27. The van der Waals surface area contributed by atoms with E-state index in [2.05, 4.69) is 20.4 Å². The van der Waals surface area contributed by atoms with E-state index < -0.39 is 0 Å². The molecule has 0 bridgehead atoms. The summed E-state index contributed by atoms with van der Waals surface area (Å²) in [5.41, 5.74) is 0.712. The first-order valence-electron chi connectivity index (χ1n) is 8.62. The van der Waals surface area contributed by atoms with E-state index in [0.29, 0.717) is 30.4 Å². The van der Waals surface area contributed by atoms with E-state index in [-0.39, 0.29) is 23.7 Å². The molecule has 6 nitrogen and oxygen atoms in total. The van der Waals surface area contributed by atoms with Crippen molar-refractivity contribution in [2.24, 2.45) is 5.92 Å². The Kier molecular flexibility index (Phi) is 5.43. The van der Waals surface area contributed by atoms with Crippen molar-refractivity contribution in [3.8, 4) is 11.4 Å². The highest BCUT2D eigenvalue weighted by atomic mass is 19.1. The van der Waals surface area contributed by atoms with Gasteiger partial charge in [0.2, 0.25) is 17.6 Å². The first-order valence-corrected chi connectivity index (χ1v) is 8.62. The van der Waals surface area contributed by atoms with Crippen molar-refractivity contribution in [1.82, 2.24) is 20.4 Å². The Morgan fingerprint density at radius 1 is 1.40 bits per heavy atom. The Labute approximate surface area is 146 Å². The molecule has 1 atom stereocenters. The number of nitrogens with one attached hydrogen (secondary N) is 1. The average Bonchev–Trinajstić information content (AvgIpc) is 3.03. The van der Waals surface area contributed by atoms with Crippen LogP contribution < -0.4 is 5.32 Å².